The van der Waals surface area contributed by atoms with Crippen LogP contribution in [0, 0.1) is 0 Å². The number of rotatable bonds is 8. The standard InChI is InChI=1S/C16H34N4O3S2/c1-14(2)23-11-12-25(21,22)20-9-7-19(8-10-20)15(17-5)18-13-16(3,4)24-6/h14H,7-13H2,1-6H3,(H,17,18). The van der Waals surface area contributed by atoms with Crippen LogP contribution in [0.4, 0.5) is 0 Å². The van der Waals surface area contributed by atoms with Crippen LogP contribution in [0.5, 0.6) is 0 Å². The summed E-state index contributed by atoms with van der Waals surface area (Å²) >= 11 is 1.80. The van der Waals surface area contributed by atoms with E-state index in [1.54, 1.807) is 23.1 Å². The number of aliphatic imine (C=N–C) groups is 1. The number of guanidine groups is 1. The van der Waals surface area contributed by atoms with Gasteiger partial charge in [0.25, 0.3) is 0 Å². The van der Waals surface area contributed by atoms with Crippen molar-refractivity contribution < 1.29 is 13.2 Å². The van der Waals surface area contributed by atoms with Gasteiger partial charge < -0.3 is 15.0 Å². The summed E-state index contributed by atoms with van der Waals surface area (Å²) in [7, 11) is -1.49. The number of hydrogen-bond acceptors (Lipinski definition) is 5. The second-order valence-electron chi connectivity index (χ2n) is 6.99. The molecule has 0 bridgehead atoms. The Balaban J connectivity index is 2.51. The molecule has 25 heavy (non-hydrogen) atoms. The third-order valence-electron chi connectivity index (χ3n) is 4.16. The van der Waals surface area contributed by atoms with E-state index in [9.17, 15) is 8.42 Å². The molecular formula is C16H34N4O3S2. The minimum absolute atomic E-state index is 0.0417. The number of sulfonamides is 1. The molecule has 7 nitrogen and oxygen atoms in total. The van der Waals surface area contributed by atoms with Crippen molar-refractivity contribution in [2.45, 2.75) is 38.5 Å². The molecule has 1 aliphatic heterocycles. The summed E-state index contributed by atoms with van der Waals surface area (Å²) in [5.74, 6) is 0.877. The Bertz CT molecular complexity index is 527. The van der Waals surface area contributed by atoms with Crippen molar-refractivity contribution in [1.82, 2.24) is 14.5 Å². The van der Waals surface area contributed by atoms with Crippen molar-refractivity contribution in [2.75, 3.05) is 58.4 Å². The largest absolute Gasteiger partial charge is 0.378 e. The predicted octanol–water partition coefficient (Wildman–Crippen LogP) is 1.08. The molecule has 0 spiro atoms. The van der Waals surface area contributed by atoms with Crippen LogP contribution in [0.3, 0.4) is 0 Å². The molecule has 0 amide bonds. The van der Waals surface area contributed by atoms with E-state index in [1.165, 1.54) is 0 Å². The first-order valence-corrected chi connectivity index (χ1v) is 11.5. The van der Waals surface area contributed by atoms with Crippen molar-refractivity contribution in [3.63, 3.8) is 0 Å². The van der Waals surface area contributed by atoms with E-state index in [0.29, 0.717) is 26.2 Å². The second kappa shape index (κ2) is 9.99. The molecule has 1 fully saturated rings. The van der Waals surface area contributed by atoms with Gasteiger partial charge in [0.2, 0.25) is 10.0 Å². The summed E-state index contributed by atoms with van der Waals surface area (Å²) in [6.07, 6.45) is 2.14. The lowest BCUT2D eigenvalue weighted by molar-refractivity contribution is 0.0904. The molecule has 0 saturated carbocycles. The number of piperazine rings is 1. The highest BCUT2D eigenvalue weighted by Crippen LogP contribution is 2.19. The molecule has 0 aromatic heterocycles. The monoisotopic (exact) mass is 394 g/mol. The molecule has 0 atom stereocenters. The van der Waals surface area contributed by atoms with Gasteiger partial charge in [0.15, 0.2) is 5.96 Å². The van der Waals surface area contributed by atoms with E-state index >= 15 is 0 Å². The molecule has 0 aliphatic carbocycles. The van der Waals surface area contributed by atoms with Gasteiger partial charge in [0.1, 0.15) is 0 Å². The number of ether oxygens (including phenoxy) is 1. The predicted molar refractivity (Wildman–Crippen MR) is 107 cm³/mol. The van der Waals surface area contributed by atoms with E-state index < -0.39 is 10.0 Å². The summed E-state index contributed by atoms with van der Waals surface area (Å²) < 4.78 is 31.8. The molecule has 0 unspecified atom stereocenters. The molecule has 0 aromatic rings. The summed E-state index contributed by atoms with van der Waals surface area (Å²) in [6, 6.07) is 0. The van der Waals surface area contributed by atoms with Crippen molar-refractivity contribution in [2.24, 2.45) is 4.99 Å². The molecule has 1 rings (SSSR count). The Morgan fingerprint density at radius 3 is 2.36 bits per heavy atom. The fourth-order valence-corrected chi connectivity index (χ4v) is 3.89. The van der Waals surface area contributed by atoms with Crippen molar-refractivity contribution in [1.29, 1.82) is 0 Å². The van der Waals surface area contributed by atoms with Gasteiger partial charge in [-0.1, -0.05) is 0 Å². The van der Waals surface area contributed by atoms with Gasteiger partial charge in [0, 0.05) is 44.5 Å². The quantitative estimate of drug-likeness (QED) is 0.490. The van der Waals surface area contributed by atoms with Crippen LogP contribution in [-0.4, -0.2) is 92.8 Å². The van der Waals surface area contributed by atoms with Gasteiger partial charge in [-0.05, 0) is 34.0 Å². The van der Waals surface area contributed by atoms with Crippen LogP contribution >= 0.6 is 11.8 Å². The first kappa shape index (κ1) is 22.5. The first-order valence-electron chi connectivity index (χ1n) is 8.71. The van der Waals surface area contributed by atoms with Gasteiger partial charge in [-0.25, -0.2) is 8.42 Å². The lowest BCUT2D eigenvalue weighted by atomic mass is 10.2. The Morgan fingerprint density at radius 1 is 1.28 bits per heavy atom. The molecule has 1 aliphatic rings. The summed E-state index contributed by atoms with van der Waals surface area (Å²) in [5, 5.41) is 3.40. The number of nitrogens with one attached hydrogen (secondary N) is 1. The van der Waals surface area contributed by atoms with E-state index in [0.717, 1.165) is 12.5 Å². The molecule has 0 radical (unpaired) electrons. The summed E-state index contributed by atoms with van der Waals surface area (Å²) in [4.78, 5) is 6.46. The minimum atomic E-state index is -3.26. The Morgan fingerprint density at radius 2 is 1.88 bits per heavy atom. The number of nitrogens with zero attached hydrogens (tertiary/aromatic N) is 3. The molecular weight excluding hydrogens is 360 g/mol. The fourth-order valence-electron chi connectivity index (χ4n) is 2.39. The van der Waals surface area contributed by atoms with Crippen molar-refractivity contribution in [3.05, 3.63) is 0 Å². The topological polar surface area (TPSA) is 74.2 Å². The van der Waals surface area contributed by atoms with Gasteiger partial charge in [-0.3, -0.25) is 4.99 Å². The average Bonchev–Trinajstić information content (AvgIpc) is 2.55. The van der Waals surface area contributed by atoms with E-state index in [-0.39, 0.29) is 23.2 Å². The number of hydrogen-bond donors (Lipinski definition) is 1. The maximum atomic E-state index is 12.4. The zero-order chi connectivity index (χ0) is 19.1. The van der Waals surface area contributed by atoms with Gasteiger partial charge in [-0.15, -0.1) is 0 Å². The molecule has 0 aromatic carbocycles. The van der Waals surface area contributed by atoms with E-state index in [2.05, 4.69) is 35.3 Å². The van der Waals surface area contributed by atoms with Crippen LogP contribution in [0.15, 0.2) is 4.99 Å². The second-order valence-corrected chi connectivity index (χ2v) is 10.6. The minimum Gasteiger partial charge on any atom is -0.378 e. The highest BCUT2D eigenvalue weighted by Gasteiger charge is 2.28. The summed E-state index contributed by atoms with van der Waals surface area (Å²) in [5.41, 5.74) is 0. The van der Waals surface area contributed by atoms with Crippen LogP contribution in [-0.2, 0) is 14.8 Å². The first-order chi connectivity index (χ1) is 11.6. The lowest BCUT2D eigenvalue weighted by Crippen LogP contribution is -2.55. The highest BCUT2D eigenvalue weighted by atomic mass is 32.2. The third-order valence-corrected chi connectivity index (χ3v) is 7.24. The van der Waals surface area contributed by atoms with Crippen LogP contribution < -0.4 is 5.32 Å². The van der Waals surface area contributed by atoms with Crippen LogP contribution in [0.2, 0.25) is 0 Å². The van der Waals surface area contributed by atoms with Crippen LogP contribution in [0.1, 0.15) is 27.7 Å². The van der Waals surface area contributed by atoms with Gasteiger partial charge in [-0.2, -0.15) is 16.1 Å². The lowest BCUT2D eigenvalue weighted by Gasteiger charge is -2.36. The van der Waals surface area contributed by atoms with E-state index in [1.807, 2.05) is 13.8 Å². The third kappa shape index (κ3) is 7.72. The molecule has 1 heterocycles. The zero-order valence-electron chi connectivity index (χ0n) is 16.4. The van der Waals surface area contributed by atoms with Gasteiger partial charge in [0.05, 0.1) is 18.5 Å². The van der Waals surface area contributed by atoms with Crippen LogP contribution in [0.25, 0.3) is 0 Å². The maximum absolute atomic E-state index is 12.4. The maximum Gasteiger partial charge on any atom is 0.216 e. The smallest absolute Gasteiger partial charge is 0.216 e. The summed E-state index contributed by atoms with van der Waals surface area (Å²) in [6.45, 7) is 11.5. The molecule has 1 saturated heterocycles. The highest BCUT2D eigenvalue weighted by molar-refractivity contribution is 7.99. The molecule has 148 valence electrons. The zero-order valence-corrected chi connectivity index (χ0v) is 18.0. The molecule has 9 heteroatoms. The molecule has 1 N–H and O–H groups in total. The SMILES string of the molecule is CN=C(NCC(C)(C)SC)N1CCN(S(=O)(=O)CCOC(C)C)CC1. The number of thioether (sulfide) groups is 1. The van der Waals surface area contributed by atoms with Gasteiger partial charge >= 0.3 is 0 Å². The normalized spacial score (nSPS) is 18.0. The van der Waals surface area contributed by atoms with E-state index in [4.69, 9.17) is 4.74 Å². The Labute approximate surface area is 157 Å². The average molecular weight is 395 g/mol. The fraction of sp³-hybridized carbons (Fsp3) is 0.938. The van der Waals surface area contributed by atoms with Crippen molar-refractivity contribution >= 4 is 27.7 Å². The Hall–Kier alpha value is -0.510. The van der Waals surface area contributed by atoms with Crippen molar-refractivity contribution in [3.8, 4) is 0 Å². The Kier molecular flexibility index (Phi) is 9.00.